The number of aryl methyl sites for hydroxylation is 1. The molecule has 6 nitrogen and oxygen atoms in total. The molecule has 3 heterocycles. The molecule has 2 aliphatic rings. The standard InChI is InChI=1S/C23H25N5O.ClH/c1-16-6-3-4-9-20(16)22-21-13-27(12-18(21)11-26(22)2)23(29)17-7-5-8-19(10-17)28-14-24-25-15-28;/h3-10,14-15,18,21-22H,11-13H2,1-2H3;1H/t18-,21+,22-;/m0./s1. The van der Waals surface area contributed by atoms with E-state index in [1.807, 2.05) is 33.7 Å². The van der Waals surface area contributed by atoms with E-state index in [0.717, 1.165) is 30.9 Å². The second-order valence-corrected chi connectivity index (χ2v) is 8.29. The maximum Gasteiger partial charge on any atom is 0.253 e. The van der Waals surface area contributed by atoms with E-state index in [9.17, 15) is 4.79 Å². The molecule has 156 valence electrons. The third kappa shape index (κ3) is 3.50. The second-order valence-electron chi connectivity index (χ2n) is 8.29. The summed E-state index contributed by atoms with van der Waals surface area (Å²) in [6, 6.07) is 16.7. The maximum atomic E-state index is 13.3. The lowest BCUT2D eigenvalue weighted by atomic mass is 9.88. The van der Waals surface area contributed by atoms with Gasteiger partial charge in [-0.25, -0.2) is 0 Å². The highest BCUT2D eigenvalue weighted by Gasteiger charge is 2.47. The highest BCUT2D eigenvalue weighted by atomic mass is 35.5. The predicted molar refractivity (Wildman–Crippen MR) is 118 cm³/mol. The molecule has 2 aliphatic heterocycles. The Morgan fingerprint density at radius 3 is 2.53 bits per heavy atom. The highest BCUT2D eigenvalue weighted by molar-refractivity contribution is 5.95. The summed E-state index contributed by atoms with van der Waals surface area (Å²) in [6.07, 6.45) is 3.29. The van der Waals surface area contributed by atoms with E-state index in [0.29, 0.717) is 17.9 Å². The number of likely N-dealkylation sites (tertiary alicyclic amines) is 2. The molecule has 0 N–H and O–H groups in total. The van der Waals surface area contributed by atoms with Gasteiger partial charge in [0.2, 0.25) is 0 Å². The van der Waals surface area contributed by atoms with E-state index < -0.39 is 0 Å². The monoisotopic (exact) mass is 423 g/mol. The molecule has 2 fully saturated rings. The van der Waals surface area contributed by atoms with Gasteiger partial charge >= 0.3 is 0 Å². The van der Waals surface area contributed by atoms with Gasteiger partial charge in [0.15, 0.2) is 0 Å². The van der Waals surface area contributed by atoms with Gasteiger partial charge in [-0.3, -0.25) is 14.3 Å². The summed E-state index contributed by atoms with van der Waals surface area (Å²) in [5.74, 6) is 1.11. The van der Waals surface area contributed by atoms with E-state index in [4.69, 9.17) is 0 Å². The van der Waals surface area contributed by atoms with Crippen molar-refractivity contribution in [1.29, 1.82) is 0 Å². The molecular weight excluding hydrogens is 398 g/mol. The van der Waals surface area contributed by atoms with Crippen molar-refractivity contribution in [3.63, 3.8) is 0 Å². The Bertz CT molecular complexity index is 1040. The smallest absolute Gasteiger partial charge is 0.253 e. The van der Waals surface area contributed by atoms with Crippen LogP contribution in [-0.2, 0) is 0 Å². The average molecular weight is 424 g/mol. The molecule has 0 unspecified atom stereocenters. The van der Waals surface area contributed by atoms with Crippen LogP contribution in [0.3, 0.4) is 0 Å². The normalized spacial score (nSPS) is 23.3. The zero-order chi connectivity index (χ0) is 20.0. The number of nitrogens with zero attached hydrogens (tertiary/aromatic N) is 5. The van der Waals surface area contributed by atoms with Crippen molar-refractivity contribution in [3.05, 3.63) is 77.9 Å². The van der Waals surface area contributed by atoms with Crippen LogP contribution in [0.15, 0.2) is 61.2 Å². The third-order valence-corrected chi connectivity index (χ3v) is 6.50. The Morgan fingerprint density at radius 1 is 1.00 bits per heavy atom. The van der Waals surface area contributed by atoms with E-state index in [-0.39, 0.29) is 18.3 Å². The number of aromatic nitrogens is 3. The van der Waals surface area contributed by atoms with Crippen LogP contribution in [-0.4, -0.2) is 57.2 Å². The van der Waals surface area contributed by atoms with Crippen LogP contribution in [0.2, 0.25) is 0 Å². The summed E-state index contributed by atoms with van der Waals surface area (Å²) < 4.78 is 1.82. The lowest BCUT2D eigenvalue weighted by Crippen LogP contribution is -2.33. The Labute approximate surface area is 182 Å². The fourth-order valence-electron chi connectivity index (χ4n) is 5.13. The number of benzene rings is 2. The van der Waals surface area contributed by atoms with E-state index >= 15 is 0 Å². The zero-order valence-corrected chi connectivity index (χ0v) is 18.0. The molecule has 0 radical (unpaired) electrons. The molecule has 0 spiro atoms. The minimum Gasteiger partial charge on any atom is -0.338 e. The van der Waals surface area contributed by atoms with Gasteiger partial charge in [0.05, 0.1) is 0 Å². The van der Waals surface area contributed by atoms with Crippen LogP contribution >= 0.6 is 12.4 Å². The number of halogens is 1. The van der Waals surface area contributed by atoms with Gasteiger partial charge in [-0.1, -0.05) is 30.3 Å². The summed E-state index contributed by atoms with van der Waals surface area (Å²) in [5.41, 5.74) is 4.34. The fraction of sp³-hybridized carbons (Fsp3) is 0.348. The Hall–Kier alpha value is -2.70. The van der Waals surface area contributed by atoms with Crippen LogP contribution in [0.25, 0.3) is 5.69 Å². The van der Waals surface area contributed by atoms with Crippen molar-refractivity contribution in [2.45, 2.75) is 13.0 Å². The summed E-state index contributed by atoms with van der Waals surface area (Å²) >= 11 is 0. The first-order valence-electron chi connectivity index (χ1n) is 10.1. The van der Waals surface area contributed by atoms with Crippen LogP contribution in [0, 0.1) is 18.8 Å². The Morgan fingerprint density at radius 2 is 1.77 bits per heavy atom. The van der Waals surface area contributed by atoms with Gasteiger partial charge in [0.25, 0.3) is 5.91 Å². The number of carbonyl (C=O) groups excluding carboxylic acids is 1. The quantitative estimate of drug-likeness (QED) is 0.648. The molecule has 2 aromatic carbocycles. The average Bonchev–Trinajstić information content (AvgIpc) is 3.45. The first-order valence-corrected chi connectivity index (χ1v) is 10.1. The molecule has 0 saturated carbocycles. The number of rotatable bonds is 3. The molecule has 0 bridgehead atoms. The van der Waals surface area contributed by atoms with Crippen molar-refractivity contribution < 1.29 is 4.79 Å². The lowest BCUT2D eigenvalue weighted by molar-refractivity contribution is 0.0768. The molecule has 5 rings (SSSR count). The van der Waals surface area contributed by atoms with Crippen molar-refractivity contribution in [2.75, 3.05) is 26.7 Å². The number of hydrogen-bond donors (Lipinski definition) is 0. The molecule has 7 heteroatoms. The minimum atomic E-state index is 0. The first-order chi connectivity index (χ1) is 14.1. The van der Waals surface area contributed by atoms with Gasteiger partial charge in [-0.15, -0.1) is 22.6 Å². The van der Waals surface area contributed by atoms with Crippen LogP contribution in [0.5, 0.6) is 0 Å². The molecule has 1 aromatic heterocycles. The third-order valence-electron chi connectivity index (χ3n) is 6.50. The molecular formula is C23H26ClN5O. The summed E-state index contributed by atoms with van der Waals surface area (Å²) in [7, 11) is 2.21. The van der Waals surface area contributed by atoms with Crippen LogP contribution < -0.4 is 0 Å². The van der Waals surface area contributed by atoms with Crippen molar-refractivity contribution in [2.24, 2.45) is 11.8 Å². The summed E-state index contributed by atoms with van der Waals surface area (Å²) in [4.78, 5) is 17.8. The van der Waals surface area contributed by atoms with Crippen molar-refractivity contribution in [1.82, 2.24) is 24.6 Å². The van der Waals surface area contributed by atoms with E-state index in [1.165, 1.54) is 11.1 Å². The molecule has 1 amide bonds. The maximum absolute atomic E-state index is 13.3. The number of fused-ring (bicyclic) bond motifs is 1. The SMILES string of the molecule is Cc1ccccc1[C@H]1[C@@H]2CN(C(=O)c3cccc(-n4cnnc4)c3)C[C@@H]2CN1C.Cl. The largest absolute Gasteiger partial charge is 0.338 e. The molecule has 2 saturated heterocycles. The van der Waals surface area contributed by atoms with E-state index in [2.05, 4.69) is 53.3 Å². The molecule has 0 aliphatic carbocycles. The van der Waals surface area contributed by atoms with Crippen molar-refractivity contribution in [3.8, 4) is 5.69 Å². The number of amides is 1. The first kappa shape index (κ1) is 20.6. The van der Waals surface area contributed by atoms with Crippen LogP contribution in [0.4, 0.5) is 0 Å². The highest BCUT2D eigenvalue weighted by Crippen LogP contribution is 2.45. The number of carbonyl (C=O) groups is 1. The van der Waals surface area contributed by atoms with E-state index in [1.54, 1.807) is 12.7 Å². The minimum absolute atomic E-state index is 0. The fourth-order valence-corrected chi connectivity index (χ4v) is 5.13. The topological polar surface area (TPSA) is 54.3 Å². The van der Waals surface area contributed by atoms with Gasteiger partial charge in [-0.05, 0) is 49.2 Å². The van der Waals surface area contributed by atoms with Crippen molar-refractivity contribution >= 4 is 18.3 Å². The molecule has 3 aromatic rings. The number of hydrogen-bond acceptors (Lipinski definition) is 4. The zero-order valence-electron chi connectivity index (χ0n) is 17.2. The summed E-state index contributed by atoms with van der Waals surface area (Å²) in [6.45, 7) is 4.86. The van der Waals surface area contributed by atoms with Gasteiger partial charge < -0.3 is 4.90 Å². The second kappa shape index (κ2) is 8.20. The Kier molecular flexibility index (Phi) is 5.62. The van der Waals surface area contributed by atoms with Gasteiger partial charge in [0.1, 0.15) is 12.7 Å². The van der Waals surface area contributed by atoms with Crippen LogP contribution in [0.1, 0.15) is 27.5 Å². The summed E-state index contributed by atoms with van der Waals surface area (Å²) in [5, 5.41) is 7.71. The predicted octanol–water partition coefficient (Wildman–Crippen LogP) is 3.37. The van der Waals surface area contributed by atoms with Gasteiger partial charge in [-0.2, -0.15) is 0 Å². The Balaban J connectivity index is 0.00000218. The molecule has 30 heavy (non-hydrogen) atoms. The lowest BCUT2D eigenvalue weighted by Gasteiger charge is -2.28. The molecule has 3 atom stereocenters. The van der Waals surface area contributed by atoms with Gasteiger partial charge in [0, 0.05) is 42.8 Å².